The predicted octanol–water partition coefficient (Wildman–Crippen LogP) is 5.83. The van der Waals surface area contributed by atoms with Crippen LogP contribution in [-0.2, 0) is 16.0 Å². The number of pyridine rings is 1. The third-order valence-electron chi connectivity index (χ3n) is 4.22. The molecule has 0 aliphatic heterocycles. The molecule has 0 spiro atoms. The number of carbonyl (C=O) groups is 2. The van der Waals surface area contributed by atoms with Gasteiger partial charge in [0.2, 0.25) is 0 Å². The topological polar surface area (TPSA) is 115 Å². The van der Waals surface area contributed by atoms with Gasteiger partial charge in [-0.2, -0.15) is 0 Å². The highest BCUT2D eigenvalue weighted by atomic mass is 79.9. The Hall–Kier alpha value is -2.99. The number of hydrogen-bond acceptors (Lipinski definition) is 7. The van der Waals surface area contributed by atoms with Crippen molar-refractivity contribution in [1.82, 2.24) is 4.98 Å². The van der Waals surface area contributed by atoms with E-state index in [9.17, 15) is 19.7 Å². The first-order valence-corrected chi connectivity index (χ1v) is 11.4. The van der Waals surface area contributed by atoms with Crippen molar-refractivity contribution in [3.05, 3.63) is 67.9 Å². The molecule has 0 unspecified atom stereocenters. The molecule has 0 bridgehead atoms. The van der Waals surface area contributed by atoms with Crippen LogP contribution in [0.15, 0.2) is 52.2 Å². The van der Waals surface area contributed by atoms with Crippen molar-refractivity contribution in [1.29, 1.82) is 0 Å². The number of aromatic nitrogens is 1. The molecule has 0 atom stereocenters. The summed E-state index contributed by atoms with van der Waals surface area (Å²) in [4.78, 5) is 42.7. The van der Waals surface area contributed by atoms with Gasteiger partial charge in [0.15, 0.2) is 4.60 Å². The molecule has 0 saturated heterocycles. The molecule has 0 radical (unpaired) electrons. The summed E-state index contributed by atoms with van der Waals surface area (Å²) < 4.78 is 10.5. The highest BCUT2D eigenvalue weighted by Crippen LogP contribution is 2.37. The molecule has 12 heteroatoms. The second-order valence-corrected chi connectivity index (χ2v) is 7.98. The van der Waals surface area contributed by atoms with Crippen molar-refractivity contribution in [2.45, 2.75) is 20.4 Å². The SMILES string of the molecule is C=CCN(C(=O)OCC)c1cccc(CN(C(=O)OCC)c2cc(Br)nc(Br)c2[N+](=O)[O-])c1. The molecule has 0 N–H and O–H groups in total. The summed E-state index contributed by atoms with van der Waals surface area (Å²) >= 11 is 6.30. The number of carbonyl (C=O) groups excluding carboxylic acids is 2. The van der Waals surface area contributed by atoms with E-state index in [4.69, 9.17) is 9.47 Å². The van der Waals surface area contributed by atoms with E-state index in [-0.39, 0.29) is 46.9 Å². The maximum atomic E-state index is 12.8. The zero-order chi connectivity index (χ0) is 24.5. The molecule has 1 heterocycles. The number of anilines is 2. The van der Waals surface area contributed by atoms with Gasteiger partial charge in [0.25, 0.3) is 0 Å². The summed E-state index contributed by atoms with van der Waals surface area (Å²) in [5.74, 6) is 0. The lowest BCUT2D eigenvalue weighted by Gasteiger charge is -2.24. The molecule has 0 fully saturated rings. The maximum absolute atomic E-state index is 12.8. The van der Waals surface area contributed by atoms with Gasteiger partial charge in [-0.25, -0.2) is 14.6 Å². The van der Waals surface area contributed by atoms with Crippen LogP contribution in [0, 0.1) is 10.1 Å². The van der Waals surface area contributed by atoms with Gasteiger partial charge in [0.05, 0.1) is 24.7 Å². The van der Waals surface area contributed by atoms with E-state index < -0.39 is 17.1 Å². The molecule has 10 nitrogen and oxygen atoms in total. The molecule has 2 rings (SSSR count). The predicted molar refractivity (Wildman–Crippen MR) is 131 cm³/mol. The van der Waals surface area contributed by atoms with Crippen LogP contribution in [-0.4, -0.2) is 41.9 Å². The monoisotopic (exact) mass is 584 g/mol. The van der Waals surface area contributed by atoms with Gasteiger partial charge in [-0.1, -0.05) is 18.2 Å². The summed E-state index contributed by atoms with van der Waals surface area (Å²) in [5.41, 5.74) is 0.715. The quantitative estimate of drug-likeness (QED) is 0.157. The van der Waals surface area contributed by atoms with Crippen LogP contribution in [0.3, 0.4) is 0 Å². The third-order valence-corrected chi connectivity index (χ3v) is 5.18. The van der Waals surface area contributed by atoms with Crippen LogP contribution >= 0.6 is 31.9 Å². The second kappa shape index (κ2) is 12.3. The number of amides is 2. The molecular weight excluding hydrogens is 564 g/mol. The van der Waals surface area contributed by atoms with Crippen LogP contribution in [0.4, 0.5) is 26.7 Å². The van der Waals surface area contributed by atoms with Crippen molar-refractivity contribution >= 4 is 61.1 Å². The largest absolute Gasteiger partial charge is 0.449 e. The summed E-state index contributed by atoms with van der Waals surface area (Å²) in [6.45, 7) is 7.43. The van der Waals surface area contributed by atoms with Gasteiger partial charge in [0.1, 0.15) is 10.3 Å². The van der Waals surface area contributed by atoms with E-state index in [1.54, 1.807) is 44.2 Å². The molecule has 0 aliphatic carbocycles. The lowest BCUT2D eigenvalue weighted by molar-refractivity contribution is -0.385. The van der Waals surface area contributed by atoms with Crippen LogP contribution in [0.5, 0.6) is 0 Å². The van der Waals surface area contributed by atoms with Crippen molar-refractivity contribution in [3.8, 4) is 0 Å². The van der Waals surface area contributed by atoms with Gasteiger partial charge in [-0.05, 0) is 63.4 Å². The van der Waals surface area contributed by atoms with Gasteiger partial charge < -0.3 is 9.47 Å². The molecule has 2 amide bonds. The van der Waals surface area contributed by atoms with Crippen molar-refractivity contribution in [3.63, 3.8) is 0 Å². The average molecular weight is 586 g/mol. The molecule has 1 aromatic carbocycles. The lowest BCUT2D eigenvalue weighted by Crippen LogP contribution is -2.33. The first kappa shape index (κ1) is 26.3. The van der Waals surface area contributed by atoms with E-state index in [1.165, 1.54) is 11.0 Å². The second-order valence-electron chi connectivity index (χ2n) is 6.41. The summed E-state index contributed by atoms with van der Waals surface area (Å²) in [7, 11) is 0. The fourth-order valence-electron chi connectivity index (χ4n) is 2.91. The fourth-order valence-corrected chi connectivity index (χ4v) is 4.08. The van der Waals surface area contributed by atoms with Crippen LogP contribution in [0.1, 0.15) is 19.4 Å². The van der Waals surface area contributed by atoms with E-state index in [1.807, 2.05) is 0 Å². The number of rotatable bonds is 9. The zero-order valence-electron chi connectivity index (χ0n) is 18.0. The molecule has 2 aromatic rings. The van der Waals surface area contributed by atoms with Gasteiger partial charge in [0, 0.05) is 18.3 Å². The number of ether oxygens (including phenoxy) is 2. The van der Waals surface area contributed by atoms with E-state index in [0.717, 1.165) is 4.90 Å². The Labute approximate surface area is 207 Å². The Balaban J connectivity index is 2.53. The van der Waals surface area contributed by atoms with Crippen LogP contribution < -0.4 is 9.80 Å². The normalized spacial score (nSPS) is 10.3. The maximum Gasteiger partial charge on any atom is 0.414 e. The Morgan fingerprint density at radius 1 is 1.15 bits per heavy atom. The van der Waals surface area contributed by atoms with Gasteiger partial charge in [-0.15, -0.1) is 6.58 Å². The van der Waals surface area contributed by atoms with E-state index >= 15 is 0 Å². The van der Waals surface area contributed by atoms with Gasteiger partial charge >= 0.3 is 17.9 Å². The average Bonchev–Trinajstić information content (AvgIpc) is 2.75. The minimum Gasteiger partial charge on any atom is -0.449 e. The highest BCUT2D eigenvalue weighted by molar-refractivity contribution is 9.11. The Morgan fingerprint density at radius 2 is 1.79 bits per heavy atom. The molecule has 0 aliphatic rings. The van der Waals surface area contributed by atoms with Gasteiger partial charge in [-0.3, -0.25) is 19.9 Å². The number of benzene rings is 1. The van der Waals surface area contributed by atoms with E-state index in [0.29, 0.717) is 11.3 Å². The van der Waals surface area contributed by atoms with Crippen molar-refractivity contribution < 1.29 is 24.0 Å². The summed E-state index contributed by atoms with van der Waals surface area (Å²) in [5, 5.41) is 11.7. The summed E-state index contributed by atoms with van der Waals surface area (Å²) in [6, 6.07) is 8.19. The Bertz CT molecular complexity index is 1050. The number of halogens is 2. The minimum absolute atomic E-state index is 0.00839. The van der Waals surface area contributed by atoms with E-state index in [2.05, 4.69) is 43.4 Å². The Morgan fingerprint density at radius 3 is 2.36 bits per heavy atom. The number of nitrogens with zero attached hydrogens (tertiary/aromatic N) is 4. The first-order valence-electron chi connectivity index (χ1n) is 9.82. The molecule has 33 heavy (non-hydrogen) atoms. The smallest absolute Gasteiger partial charge is 0.414 e. The number of hydrogen-bond donors (Lipinski definition) is 0. The molecule has 1 aromatic heterocycles. The third kappa shape index (κ3) is 6.75. The first-order chi connectivity index (χ1) is 15.7. The molecule has 0 saturated carbocycles. The number of nitro groups is 1. The van der Waals surface area contributed by atoms with Crippen LogP contribution in [0.25, 0.3) is 0 Å². The minimum atomic E-state index is -0.774. The molecule has 176 valence electrons. The lowest BCUT2D eigenvalue weighted by atomic mass is 10.1. The summed E-state index contributed by atoms with van der Waals surface area (Å²) in [6.07, 6.45) is 0.239. The highest BCUT2D eigenvalue weighted by Gasteiger charge is 2.30. The molecular formula is C21H22Br2N4O6. The van der Waals surface area contributed by atoms with Crippen molar-refractivity contribution in [2.24, 2.45) is 0 Å². The van der Waals surface area contributed by atoms with Crippen LogP contribution in [0.2, 0.25) is 0 Å². The van der Waals surface area contributed by atoms with Crippen molar-refractivity contribution in [2.75, 3.05) is 29.6 Å². The zero-order valence-corrected chi connectivity index (χ0v) is 21.2. The fraction of sp³-hybridized carbons (Fsp3) is 0.286. The Kier molecular flexibility index (Phi) is 9.79. The standard InChI is InChI=1S/C21H22Br2N4O6/c1-4-10-25(20(28)32-5-2)15-9-7-8-14(11-15)13-26(21(29)33-6-3)16-12-17(22)24-19(23)18(16)27(30)31/h4,7-9,11-12H,1,5-6,10,13H2,2-3H3.